The summed E-state index contributed by atoms with van der Waals surface area (Å²) >= 11 is 6.12. The zero-order valence-corrected chi connectivity index (χ0v) is 24.2. The maximum atomic E-state index is 14.7. The van der Waals surface area contributed by atoms with Crippen molar-refractivity contribution in [1.82, 2.24) is 10.6 Å². The molecule has 2 aliphatic carbocycles. The fourth-order valence-electron chi connectivity index (χ4n) is 5.04. The van der Waals surface area contributed by atoms with E-state index < -0.39 is 47.7 Å². The van der Waals surface area contributed by atoms with E-state index in [1.54, 1.807) is 0 Å². The van der Waals surface area contributed by atoms with Crippen molar-refractivity contribution in [3.63, 3.8) is 0 Å². The lowest BCUT2D eigenvalue weighted by Gasteiger charge is -2.35. The van der Waals surface area contributed by atoms with E-state index in [2.05, 4.69) is 34.7 Å². The second kappa shape index (κ2) is 17.7. The van der Waals surface area contributed by atoms with Crippen molar-refractivity contribution in [2.24, 2.45) is 22.7 Å². The molecule has 0 aromatic carbocycles. The van der Waals surface area contributed by atoms with Gasteiger partial charge in [-0.2, -0.15) is 0 Å². The van der Waals surface area contributed by atoms with Crippen LogP contribution in [0.3, 0.4) is 0 Å². The molecule has 2 fully saturated rings. The number of allylic oxidation sites excluding steroid dienone is 3. The summed E-state index contributed by atoms with van der Waals surface area (Å²) in [5.41, 5.74) is 0.342. The quantitative estimate of drug-likeness (QED) is 0.0799. The first kappa shape index (κ1) is 33.3. The number of nitrogens with zero attached hydrogens (tertiary/aromatic N) is 1. The van der Waals surface area contributed by atoms with Crippen LogP contribution in [0.2, 0.25) is 0 Å². The van der Waals surface area contributed by atoms with Crippen LogP contribution in [0.4, 0.5) is 13.2 Å². The minimum Gasteiger partial charge on any atom is -0.380 e. The third-order valence-corrected chi connectivity index (χ3v) is 7.97. The van der Waals surface area contributed by atoms with Gasteiger partial charge in [0.2, 0.25) is 5.91 Å². The number of amides is 1. The number of halogens is 4. The maximum absolute atomic E-state index is 14.7. The van der Waals surface area contributed by atoms with Gasteiger partial charge in [-0.1, -0.05) is 31.2 Å². The summed E-state index contributed by atoms with van der Waals surface area (Å²) in [5, 5.41) is 13.9. The molecule has 10 heteroatoms. The van der Waals surface area contributed by atoms with Gasteiger partial charge in [-0.05, 0) is 64.7 Å². The largest absolute Gasteiger partial charge is 0.380 e. The summed E-state index contributed by atoms with van der Waals surface area (Å²) in [7, 11) is 0. The second-order valence-electron chi connectivity index (χ2n) is 10.4. The van der Waals surface area contributed by atoms with Gasteiger partial charge >= 0.3 is 0 Å². The van der Waals surface area contributed by atoms with Crippen LogP contribution in [0.1, 0.15) is 72.1 Å². The molecule has 2 rings (SSSR count). The zero-order valence-electron chi connectivity index (χ0n) is 23.5. The number of carbonyl (C=O) groups excluding carboxylic acids is 1. The lowest BCUT2D eigenvalue weighted by atomic mass is 9.80. The number of alkyl halides is 4. The van der Waals surface area contributed by atoms with Gasteiger partial charge in [0, 0.05) is 30.6 Å². The summed E-state index contributed by atoms with van der Waals surface area (Å²) in [6, 6.07) is -0.516. The molecule has 0 aromatic rings. The smallest absolute Gasteiger partial charge is 0.229 e. The standard InChI is InChI=1S/C29H46ClF3N4O2/c1-4-7-8-9-19(5-2)10-13-27(21-17-24(32)22(30)18-26(21)34)36-29(35-14-15-39-6-3)37-28(38)20-11-12-23(31)25(33)16-20/h4,7,10,13,19-25,27,34H,5-6,8-9,11-12,14-18H2,1-3H3,(H2,35,36,37,38). The van der Waals surface area contributed by atoms with Crippen molar-refractivity contribution < 1.29 is 22.7 Å². The number of hydrogen-bond acceptors (Lipinski definition) is 4. The summed E-state index contributed by atoms with van der Waals surface area (Å²) in [6.07, 6.45) is 6.81. The van der Waals surface area contributed by atoms with E-state index in [0.717, 1.165) is 19.3 Å². The third-order valence-electron chi connectivity index (χ3n) is 7.54. The number of ether oxygens (including phenoxy) is 1. The number of rotatable bonds is 13. The Morgan fingerprint density at radius 1 is 1.18 bits per heavy atom. The topological polar surface area (TPSA) is 86.6 Å². The van der Waals surface area contributed by atoms with Crippen LogP contribution in [0.25, 0.3) is 0 Å². The van der Waals surface area contributed by atoms with E-state index in [-0.39, 0.29) is 50.5 Å². The fraction of sp³-hybridized carbons (Fsp3) is 0.759. The van der Waals surface area contributed by atoms with Crippen molar-refractivity contribution in [2.45, 2.75) is 102 Å². The van der Waals surface area contributed by atoms with E-state index >= 15 is 0 Å². The van der Waals surface area contributed by atoms with E-state index in [4.69, 9.17) is 21.7 Å². The molecule has 0 aromatic heterocycles. The predicted molar refractivity (Wildman–Crippen MR) is 153 cm³/mol. The van der Waals surface area contributed by atoms with Crippen molar-refractivity contribution in [2.75, 3.05) is 19.8 Å². The highest BCUT2D eigenvalue weighted by molar-refractivity contribution is 6.22. The summed E-state index contributed by atoms with van der Waals surface area (Å²) in [5.74, 6) is -1.14. The van der Waals surface area contributed by atoms with Gasteiger partial charge in [-0.3, -0.25) is 15.1 Å². The molecule has 0 bridgehead atoms. The Balaban J connectivity index is 2.27. The highest BCUT2D eigenvalue weighted by Crippen LogP contribution is 2.31. The van der Waals surface area contributed by atoms with Gasteiger partial charge in [0.25, 0.3) is 0 Å². The van der Waals surface area contributed by atoms with Gasteiger partial charge in [0.1, 0.15) is 18.5 Å². The van der Waals surface area contributed by atoms with Gasteiger partial charge in [0.15, 0.2) is 5.96 Å². The number of hydrogen-bond donors (Lipinski definition) is 3. The second-order valence-corrected chi connectivity index (χ2v) is 11.0. The van der Waals surface area contributed by atoms with Gasteiger partial charge in [-0.25, -0.2) is 13.2 Å². The summed E-state index contributed by atoms with van der Waals surface area (Å²) in [4.78, 5) is 17.5. The molecule has 1 amide bonds. The van der Waals surface area contributed by atoms with Gasteiger partial charge in [0.05, 0.1) is 24.6 Å². The van der Waals surface area contributed by atoms with E-state index in [0.29, 0.717) is 18.9 Å². The molecule has 8 unspecified atom stereocenters. The molecule has 2 saturated carbocycles. The van der Waals surface area contributed by atoms with Crippen molar-refractivity contribution in [3.05, 3.63) is 24.3 Å². The molecule has 222 valence electrons. The van der Waals surface area contributed by atoms with Gasteiger partial charge in [-0.15, -0.1) is 11.6 Å². The number of guanidine groups is 1. The molecule has 0 saturated heterocycles. The first-order chi connectivity index (χ1) is 18.7. The molecule has 0 heterocycles. The highest BCUT2D eigenvalue weighted by Gasteiger charge is 2.38. The molecule has 8 atom stereocenters. The zero-order chi connectivity index (χ0) is 28.8. The predicted octanol–water partition coefficient (Wildman–Crippen LogP) is 6.24. The molecule has 0 aliphatic heterocycles. The van der Waals surface area contributed by atoms with Crippen molar-refractivity contribution in [3.8, 4) is 0 Å². The van der Waals surface area contributed by atoms with E-state index in [1.807, 2.05) is 26.0 Å². The molecule has 2 aliphatic rings. The molecule has 3 N–H and O–H groups in total. The molecule has 39 heavy (non-hydrogen) atoms. The Morgan fingerprint density at radius 3 is 2.62 bits per heavy atom. The first-order valence-electron chi connectivity index (χ1n) is 14.3. The van der Waals surface area contributed by atoms with Gasteiger partial charge < -0.3 is 15.5 Å². The number of nitrogens with one attached hydrogen (secondary N) is 3. The monoisotopic (exact) mass is 574 g/mol. The maximum Gasteiger partial charge on any atom is 0.229 e. The number of carbonyl (C=O) groups is 1. The highest BCUT2D eigenvalue weighted by atomic mass is 35.5. The van der Waals surface area contributed by atoms with Crippen LogP contribution in [0.15, 0.2) is 29.3 Å². The molecular weight excluding hydrogens is 529 g/mol. The molecule has 0 radical (unpaired) electrons. The Bertz CT molecular complexity index is 856. The Kier molecular flexibility index (Phi) is 15.2. The normalized spacial score (nSPS) is 30.0. The van der Waals surface area contributed by atoms with E-state index in [9.17, 15) is 18.0 Å². The summed E-state index contributed by atoms with van der Waals surface area (Å²) < 4.78 is 47.7. The SMILES string of the molecule is CC=CCCC(C=CC(NC(=NCCOCC)NC(=O)C1CCC(F)C(F)C1)C1CC(F)C(Cl)CC1=N)CC. The molecule has 0 spiro atoms. The lowest BCUT2D eigenvalue weighted by molar-refractivity contribution is -0.125. The Hall–Kier alpha value is -1.87. The van der Waals surface area contributed by atoms with Crippen LogP contribution >= 0.6 is 11.6 Å². The molecule has 6 nitrogen and oxygen atoms in total. The van der Waals surface area contributed by atoms with Crippen molar-refractivity contribution >= 4 is 29.2 Å². The van der Waals surface area contributed by atoms with Crippen LogP contribution in [0, 0.1) is 23.2 Å². The number of aliphatic imine (C=N–C) groups is 1. The van der Waals surface area contributed by atoms with Crippen LogP contribution in [0.5, 0.6) is 0 Å². The first-order valence-corrected chi connectivity index (χ1v) is 14.8. The van der Waals surface area contributed by atoms with Crippen LogP contribution in [-0.2, 0) is 9.53 Å². The Labute approximate surface area is 236 Å². The third kappa shape index (κ3) is 11.3. The lowest BCUT2D eigenvalue weighted by Crippen LogP contribution is -2.53. The van der Waals surface area contributed by atoms with Crippen LogP contribution in [-0.4, -0.2) is 67.3 Å². The van der Waals surface area contributed by atoms with Crippen LogP contribution < -0.4 is 10.6 Å². The van der Waals surface area contributed by atoms with E-state index in [1.165, 1.54) is 0 Å². The summed E-state index contributed by atoms with van der Waals surface area (Å²) in [6.45, 7) is 7.07. The average Bonchev–Trinajstić information content (AvgIpc) is 2.91. The fourth-order valence-corrected chi connectivity index (χ4v) is 5.31. The Morgan fingerprint density at radius 2 is 1.95 bits per heavy atom. The minimum absolute atomic E-state index is 0.00277. The molecular formula is C29H46ClF3N4O2. The minimum atomic E-state index is -1.67. The average molecular weight is 575 g/mol. The van der Waals surface area contributed by atoms with Crippen molar-refractivity contribution in [1.29, 1.82) is 5.41 Å².